The molecule has 9 heteroatoms. The summed E-state index contributed by atoms with van der Waals surface area (Å²) in [5.74, 6) is 2.59. The molecule has 220 valence electrons. The Morgan fingerprint density at radius 2 is 1.91 bits per heavy atom. The highest BCUT2D eigenvalue weighted by Crippen LogP contribution is 2.49. The molecule has 0 fully saturated rings. The monoisotopic (exact) mass is 592 g/mol. The first-order valence-corrected chi connectivity index (χ1v) is 14.7. The standard InChI is InChI=1S/C36H28N6O3/c1-3-29(43)41-25-13-11-22(12-14-25)34-32-27-16-15-26(44-30-10-6-7-21(2)40-30)17-24(27)19-37-35-33(32)36(39-20-38-35)42(34)31-18-23-8-4-5-9-28(23)45-31/h3-17,20,31H,1,18-19H2,2H3,(H,41,43)(H,37,38,39). The maximum Gasteiger partial charge on any atom is 0.247 e. The van der Waals surface area contributed by atoms with Crippen molar-refractivity contribution in [1.29, 1.82) is 0 Å². The van der Waals surface area contributed by atoms with Crippen molar-refractivity contribution in [3.63, 3.8) is 0 Å². The minimum atomic E-state index is -0.325. The van der Waals surface area contributed by atoms with Crippen LogP contribution in [0.1, 0.15) is 23.0 Å². The van der Waals surface area contributed by atoms with E-state index in [1.165, 1.54) is 6.08 Å². The number of aromatic nitrogens is 4. The summed E-state index contributed by atoms with van der Waals surface area (Å²) in [7, 11) is 0. The lowest BCUT2D eigenvalue weighted by atomic mass is 9.95. The zero-order valence-electron chi connectivity index (χ0n) is 24.4. The van der Waals surface area contributed by atoms with Gasteiger partial charge in [-0.3, -0.25) is 9.36 Å². The molecule has 2 aliphatic rings. The van der Waals surface area contributed by atoms with E-state index in [2.05, 4.69) is 49.9 Å². The van der Waals surface area contributed by atoms with Crippen molar-refractivity contribution in [2.45, 2.75) is 26.1 Å². The SMILES string of the molecule is C=CC(=O)Nc1ccc(-c2c3c4c(ncnc4n2C2Cc4ccccc4O2)NCc2cc(Oc4cccc(C)n4)ccc2-3)cc1. The topological polar surface area (TPSA) is 103 Å². The fourth-order valence-corrected chi connectivity index (χ4v) is 6.20. The van der Waals surface area contributed by atoms with Crippen LogP contribution in [0.5, 0.6) is 17.4 Å². The molecule has 3 aromatic carbocycles. The lowest BCUT2D eigenvalue weighted by Gasteiger charge is -2.20. The van der Waals surface area contributed by atoms with Gasteiger partial charge in [-0.2, -0.15) is 0 Å². The Morgan fingerprint density at radius 1 is 1.04 bits per heavy atom. The number of carbonyl (C=O) groups excluding carboxylic acids is 1. The molecule has 6 aromatic rings. The maximum absolute atomic E-state index is 12.0. The Kier molecular flexibility index (Phi) is 6.30. The maximum atomic E-state index is 12.0. The first kappa shape index (κ1) is 26.7. The van der Waals surface area contributed by atoms with Gasteiger partial charge in [0.1, 0.15) is 29.3 Å². The molecule has 0 saturated carbocycles. The number of hydrogen-bond donors (Lipinski definition) is 2. The largest absolute Gasteiger partial charge is 0.469 e. The summed E-state index contributed by atoms with van der Waals surface area (Å²) >= 11 is 0. The summed E-state index contributed by atoms with van der Waals surface area (Å²) in [6.07, 6.45) is 3.22. The molecule has 9 nitrogen and oxygen atoms in total. The predicted octanol–water partition coefficient (Wildman–Crippen LogP) is 7.44. The summed E-state index contributed by atoms with van der Waals surface area (Å²) in [6.45, 7) is 6.05. The van der Waals surface area contributed by atoms with Crippen molar-refractivity contribution >= 4 is 28.4 Å². The number of benzene rings is 3. The number of nitrogens with zero attached hydrogens (tertiary/aromatic N) is 4. The average Bonchev–Trinajstić information content (AvgIpc) is 3.59. The highest BCUT2D eigenvalue weighted by atomic mass is 16.5. The van der Waals surface area contributed by atoms with Gasteiger partial charge in [0.25, 0.3) is 0 Å². The van der Waals surface area contributed by atoms with Crippen LogP contribution < -0.4 is 20.1 Å². The highest BCUT2D eigenvalue weighted by molar-refractivity contribution is 6.10. The average molecular weight is 593 g/mol. The van der Waals surface area contributed by atoms with Crippen molar-refractivity contribution in [1.82, 2.24) is 19.5 Å². The van der Waals surface area contributed by atoms with E-state index in [-0.39, 0.29) is 12.1 Å². The van der Waals surface area contributed by atoms with Crippen molar-refractivity contribution in [2.75, 3.05) is 10.6 Å². The number of ether oxygens (including phenoxy) is 2. The van der Waals surface area contributed by atoms with E-state index in [1.807, 2.05) is 73.7 Å². The molecular formula is C36H28N6O3. The third-order valence-electron chi connectivity index (χ3n) is 8.19. The van der Waals surface area contributed by atoms with Crippen LogP contribution in [0.4, 0.5) is 11.5 Å². The normalized spacial score (nSPS) is 14.5. The first-order chi connectivity index (χ1) is 22.1. The van der Waals surface area contributed by atoms with E-state index in [9.17, 15) is 4.79 Å². The highest BCUT2D eigenvalue weighted by Gasteiger charge is 2.34. The quantitative estimate of drug-likeness (QED) is 0.194. The van der Waals surface area contributed by atoms with Gasteiger partial charge in [-0.1, -0.05) is 49.0 Å². The Bertz CT molecular complexity index is 2110. The fourth-order valence-electron chi connectivity index (χ4n) is 6.20. The van der Waals surface area contributed by atoms with Crippen LogP contribution in [0, 0.1) is 6.92 Å². The Morgan fingerprint density at radius 3 is 2.73 bits per heavy atom. The van der Waals surface area contributed by atoms with Gasteiger partial charge in [0.05, 0.1) is 11.1 Å². The van der Waals surface area contributed by atoms with Crippen molar-refractivity contribution in [3.8, 4) is 39.8 Å². The zero-order valence-corrected chi connectivity index (χ0v) is 24.4. The Labute approximate surface area is 259 Å². The van der Waals surface area contributed by atoms with E-state index in [0.717, 1.165) is 61.8 Å². The number of pyridine rings is 1. The number of aryl methyl sites for hydroxylation is 1. The van der Waals surface area contributed by atoms with E-state index in [4.69, 9.17) is 14.5 Å². The number of carbonyl (C=O) groups is 1. The molecule has 5 heterocycles. The smallest absolute Gasteiger partial charge is 0.247 e. The third-order valence-corrected chi connectivity index (χ3v) is 8.19. The third kappa shape index (κ3) is 4.65. The minimum Gasteiger partial charge on any atom is -0.469 e. The molecule has 0 aliphatic carbocycles. The Balaban J connectivity index is 1.32. The van der Waals surface area contributed by atoms with Crippen LogP contribution in [0.25, 0.3) is 33.4 Å². The zero-order chi connectivity index (χ0) is 30.5. The second-order valence-corrected chi connectivity index (χ2v) is 11.1. The molecule has 8 rings (SSSR count). The van der Waals surface area contributed by atoms with E-state index < -0.39 is 0 Å². The summed E-state index contributed by atoms with van der Waals surface area (Å²) in [5.41, 5.74) is 8.47. The first-order valence-electron chi connectivity index (χ1n) is 14.7. The second kappa shape index (κ2) is 10.6. The van der Waals surface area contributed by atoms with Crippen molar-refractivity contribution in [2.24, 2.45) is 0 Å². The molecular weight excluding hydrogens is 564 g/mol. The molecule has 3 aromatic heterocycles. The lowest BCUT2D eigenvalue weighted by molar-refractivity contribution is -0.111. The van der Waals surface area contributed by atoms with Crippen LogP contribution in [0.15, 0.2) is 104 Å². The van der Waals surface area contributed by atoms with Crippen LogP contribution in [-0.4, -0.2) is 25.4 Å². The van der Waals surface area contributed by atoms with Gasteiger partial charge < -0.3 is 20.1 Å². The summed E-state index contributed by atoms with van der Waals surface area (Å²) < 4.78 is 14.9. The van der Waals surface area contributed by atoms with E-state index >= 15 is 0 Å². The second-order valence-electron chi connectivity index (χ2n) is 11.1. The number of fused-ring (bicyclic) bond motifs is 3. The van der Waals surface area contributed by atoms with Gasteiger partial charge in [-0.05, 0) is 71.7 Å². The minimum absolute atomic E-state index is 0.264. The van der Waals surface area contributed by atoms with Gasteiger partial charge in [0, 0.05) is 36.0 Å². The summed E-state index contributed by atoms with van der Waals surface area (Å²) in [5, 5.41) is 7.31. The van der Waals surface area contributed by atoms with Gasteiger partial charge in [-0.15, -0.1) is 0 Å². The molecule has 2 aliphatic heterocycles. The predicted molar refractivity (Wildman–Crippen MR) is 173 cm³/mol. The molecule has 0 bridgehead atoms. The van der Waals surface area contributed by atoms with Crippen molar-refractivity contribution < 1.29 is 14.3 Å². The molecule has 2 N–H and O–H groups in total. The number of hydrogen-bond acceptors (Lipinski definition) is 7. The van der Waals surface area contributed by atoms with Gasteiger partial charge in [-0.25, -0.2) is 15.0 Å². The van der Waals surface area contributed by atoms with Crippen LogP contribution in [0.2, 0.25) is 0 Å². The molecule has 45 heavy (non-hydrogen) atoms. The number of rotatable bonds is 6. The van der Waals surface area contributed by atoms with Crippen LogP contribution in [-0.2, 0) is 17.8 Å². The molecule has 1 unspecified atom stereocenters. The fraction of sp³-hybridized carbons (Fsp3) is 0.111. The number of anilines is 2. The van der Waals surface area contributed by atoms with Crippen LogP contribution >= 0.6 is 0 Å². The molecule has 0 radical (unpaired) electrons. The Hall–Kier alpha value is -5.96. The lowest BCUT2D eigenvalue weighted by Crippen LogP contribution is -2.15. The molecule has 1 amide bonds. The summed E-state index contributed by atoms with van der Waals surface area (Å²) in [6, 6.07) is 27.8. The van der Waals surface area contributed by atoms with Gasteiger partial charge in [0.2, 0.25) is 11.8 Å². The summed E-state index contributed by atoms with van der Waals surface area (Å²) in [4.78, 5) is 26.0. The van der Waals surface area contributed by atoms with Crippen LogP contribution in [0.3, 0.4) is 0 Å². The van der Waals surface area contributed by atoms with E-state index in [1.54, 1.807) is 6.33 Å². The van der Waals surface area contributed by atoms with Crippen molar-refractivity contribution in [3.05, 3.63) is 121 Å². The van der Waals surface area contributed by atoms with E-state index in [0.29, 0.717) is 30.3 Å². The number of amides is 1. The van der Waals surface area contributed by atoms with Gasteiger partial charge >= 0.3 is 0 Å². The molecule has 0 spiro atoms. The number of nitrogens with one attached hydrogen (secondary N) is 2. The van der Waals surface area contributed by atoms with Gasteiger partial charge in [0.15, 0.2) is 6.23 Å². The molecule has 0 saturated heterocycles. The number of para-hydroxylation sites is 1. The molecule has 1 atom stereocenters.